The van der Waals surface area contributed by atoms with E-state index in [9.17, 15) is 9.59 Å². The van der Waals surface area contributed by atoms with Gasteiger partial charge in [-0.3, -0.25) is 9.59 Å². The summed E-state index contributed by atoms with van der Waals surface area (Å²) in [4.78, 5) is 22.7. The van der Waals surface area contributed by atoms with Gasteiger partial charge in [-0.1, -0.05) is 12.8 Å². The molecular weight excluding hydrogens is 220 g/mol. The Morgan fingerprint density at radius 2 is 1.88 bits per heavy atom. The third kappa shape index (κ3) is 4.73. The fourth-order valence-corrected chi connectivity index (χ4v) is 2.44. The lowest BCUT2D eigenvalue weighted by atomic mass is 9.92. The molecular formula is C12H22N2O3. The van der Waals surface area contributed by atoms with Crippen LogP contribution in [0.2, 0.25) is 0 Å². The summed E-state index contributed by atoms with van der Waals surface area (Å²) in [5.41, 5.74) is 4.67. The van der Waals surface area contributed by atoms with Gasteiger partial charge in [-0.2, -0.15) is 0 Å². The molecule has 0 aliphatic heterocycles. The van der Waals surface area contributed by atoms with E-state index >= 15 is 0 Å². The lowest BCUT2D eigenvalue weighted by molar-refractivity contribution is -0.139. The maximum absolute atomic E-state index is 11.8. The first-order valence-corrected chi connectivity index (χ1v) is 6.04. The van der Waals surface area contributed by atoms with Crippen molar-refractivity contribution in [3.8, 4) is 0 Å². The lowest BCUT2D eigenvalue weighted by Gasteiger charge is -2.30. The number of nitrogens with one attached hydrogen (secondary N) is 1. The van der Waals surface area contributed by atoms with Gasteiger partial charge in [0.15, 0.2) is 0 Å². The SMILES string of the molecule is CC(C)(N)CC(=O)NC1(CC(=O)O)CCCC1. The molecule has 0 aromatic carbocycles. The summed E-state index contributed by atoms with van der Waals surface area (Å²) in [6, 6.07) is 0. The number of hydrogen-bond acceptors (Lipinski definition) is 3. The van der Waals surface area contributed by atoms with Crippen LogP contribution in [0, 0.1) is 0 Å². The van der Waals surface area contributed by atoms with Crippen LogP contribution in [0.3, 0.4) is 0 Å². The second kappa shape index (κ2) is 5.04. The summed E-state index contributed by atoms with van der Waals surface area (Å²) in [6.07, 6.45) is 3.66. The van der Waals surface area contributed by atoms with Crippen molar-refractivity contribution in [1.29, 1.82) is 0 Å². The molecule has 1 saturated carbocycles. The summed E-state index contributed by atoms with van der Waals surface area (Å²) >= 11 is 0. The van der Waals surface area contributed by atoms with Gasteiger partial charge in [-0.25, -0.2) is 0 Å². The van der Waals surface area contributed by atoms with E-state index in [-0.39, 0.29) is 18.7 Å². The first kappa shape index (κ1) is 14.0. The first-order valence-electron chi connectivity index (χ1n) is 6.04. The zero-order chi connectivity index (χ0) is 13.1. The number of carbonyl (C=O) groups excluding carboxylic acids is 1. The summed E-state index contributed by atoms with van der Waals surface area (Å²) in [6.45, 7) is 3.57. The molecule has 0 radical (unpaired) electrons. The Balaban J connectivity index is 2.61. The van der Waals surface area contributed by atoms with Crippen LogP contribution in [0.5, 0.6) is 0 Å². The molecule has 1 fully saturated rings. The van der Waals surface area contributed by atoms with Crippen LogP contribution in [0.4, 0.5) is 0 Å². The Morgan fingerprint density at radius 3 is 2.29 bits per heavy atom. The van der Waals surface area contributed by atoms with Gasteiger partial charge in [0.1, 0.15) is 0 Å². The summed E-state index contributed by atoms with van der Waals surface area (Å²) in [5, 5.41) is 11.8. The van der Waals surface area contributed by atoms with Gasteiger partial charge in [0, 0.05) is 12.0 Å². The van der Waals surface area contributed by atoms with Crippen molar-refractivity contribution in [3.63, 3.8) is 0 Å². The van der Waals surface area contributed by atoms with Gasteiger partial charge in [-0.15, -0.1) is 0 Å². The highest BCUT2D eigenvalue weighted by atomic mass is 16.4. The van der Waals surface area contributed by atoms with Crippen LogP contribution in [-0.4, -0.2) is 28.1 Å². The molecule has 17 heavy (non-hydrogen) atoms. The lowest BCUT2D eigenvalue weighted by Crippen LogP contribution is -2.50. The van der Waals surface area contributed by atoms with Gasteiger partial charge in [0.2, 0.25) is 5.91 Å². The van der Waals surface area contributed by atoms with E-state index in [4.69, 9.17) is 10.8 Å². The molecule has 1 aliphatic carbocycles. The smallest absolute Gasteiger partial charge is 0.305 e. The van der Waals surface area contributed by atoms with Crippen LogP contribution < -0.4 is 11.1 Å². The molecule has 5 heteroatoms. The van der Waals surface area contributed by atoms with Gasteiger partial charge < -0.3 is 16.2 Å². The summed E-state index contributed by atoms with van der Waals surface area (Å²) in [5.74, 6) is -1.01. The highest BCUT2D eigenvalue weighted by Gasteiger charge is 2.37. The monoisotopic (exact) mass is 242 g/mol. The fraction of sp³-hybridized carbons (Fsp3) is 0.833. The average Bonchev–Trinajstić information content (AvgIpc) is 2.47. The number of aliphatic carboxylic acids is 1. The van der Waals surface area contributed by atoms with E-state index in [1.165, 1.54) is 0 Å². The third-order valence-corrected chi connectivity index (χ3v) is 3.07. The molecule has 0 aromatic heterocycles. The van der Waals surface area contributed by atoms with Crippen molar-refractivity contribution >= 4 is 11.9 Å². The van der Waals surface area contributed by atoms with E-state index < -0.39 is 17.0 Å². The van der Waals surface area contributed by atoms with E-state index in [1.807, 2.05) is 0 Å². The molecule has 0 atom stereocenters. The molecule has 0 aromatic rings. The molecule has 1 amide bonds. The predicted octanol–water partition coefficient (Wildman–Crippen LogP) is 1.02. The Morgan fingerprint density at radius 1 is 1.35 bits per heavy atom. The number of carbonyl (C=O) groups is 2. The Bertz CT molecular complexity index is 301. The molecule has 1 aliphatic rings. The Labute approximate surface area is 102 Å². The van der Waals surface area contributed by atoms with Crippen molar-refractivity contribution in [2.24, 2.45) is 5.73 Å². The normalized spacial score (nSPS) is 19.0. The number of amides is 1. The van der Waals surface area contributed by atoms with Crippen molar-refractivity contribution in [3.05, 3.63) is 0 Å². The maximum atomic E-state index is 11.8. The minimum atomic E-state index is -0.862. The maximum Gasteiger partial charge on any atom is 0.305 e. The van der Waals surface area contributed by atoms with Gasteiger partial charge in [0.05, 0.1) is 12.0 Å². The predicted molar refractivity (Wildman–Crippen MR) is 64.5 cm³/mol. The zero-order valence-corrected chi connectivity index (χ0v) is 10.6. The molecule has 0 unspecified atom stereocenters. The Kier molecular flexibility index (Phi) is 4.14. The quantitative estimate of drug-likeness (QED) is 0.671. The van der Waals surface area contributed by atoms with E-state index in [0.717, 1.165) is 25.7 Å². The van der Waals surface area contributed by atoms with E-state index in [1.54, 1.807) is 13.8 Å². The van der Waals surface area contributed by atoms with Crippen LogP contribution in [0.15, 0.2) is 0 Å². The van der Waals surface area contributed by atoms with Crippen molar-refractivity contribution in [2.75, 3.05) is 0 Å². The molecule has 0 bridgehead atoms. The zero-order valence-electron chi connectivity index (χ0n) is 10.6. The standard InChI is InChI=1S/C12H22N2O3/c1-11(2,13)7-9(15)14-12(8-10(16)17)5-3-4-6-12/h3-8,13H2,1-2H3,(H,14,15)(H,16,17). The minimum absolute atomic E-state index is 0.00371. The number of carboxylic acids is 1. The van der Waals surface area contributed by atoms with Gasteiger partial charge >= 0.3 is 5.97 Å². The molecule has 1 rings (SSSR count). The van der Waals surface area contributed by atoms with Crippen LogP contribution >= 0.6 is 0 Å². The van der Waals surface area contributed by atoms with Crippen molar-refractivity contribution < 1.29 is 14.7 Å². The number of rotatable bonds is 5. The van der Waals surface area contributed by atoms with Crippen molar-refractivity contribution in [2.45, 2.75) is 63.5 Å². The molecule has 0 spiro atoms. The van der Waals surface area contributed by atoms with Crippen LogP contribution in [0.25, 0.3) is 0 Å². The van der Waals surface area contributed by atoms with Gasteiger partial charge in [-0.05, 0) is 26.7 Å². The van der Waals surface area contributed by atoms with E-state index in [0.29, 0.717) is 0 Å². The molecule has 0 saturated heterocycles. The molecule has 5 nitrogen and oxygen atoms in total. The topological polar surface area (TPSA) is 92.4 Å². The second-order valence-corrected chi connectivity index (χ2v) is 5.77. The summed E-state index contributed by atoms with van der Waals surface area (Å²) in [7, 11) is 0. The average molecular weight is 242 g/mol. The molecule has 98 valence electrons. The van der Waals surface area contributed by atoms with E-state index in [2.05, 4.69) is 5.32 Å². The van der Waals surface area contributed by atoms with Gasteiger partial charge in [0.25, 0.3) is 0 Å². The summed E-state index contributed by atoms with van der Waals surface area (Å²) < 4.78 is 0. The molecule has 0 heterocycles. The van der Waals surface area contributed by atoms with Crippen LogP contribution in [0.1, 0.15) is 52.4 Å². The van der Waals surface area contributed by atoms with Crippen LogP contribution in [-0.2, 0) is 9.59 Å². The number of hydrogen-bond donors (Lipinski definition) is 3. The van der Waals surface area contributed by atoms with Crippen molar-refractivity contribution in [1.82, 2.24) is 5.32 Å². The largest absolute Gasteiger partial charge is 0.481 e. The third-order valence-electron chi connectivity index (χ3n) is 3.07. The Hall–Kier alpha value is -1.10. The number of carboxylic acid groups (broad SMARTS) is 1. The highest BCUT2D eigenvalue weighted by molar-refractivity contribution is 5.79. The minimum Gasteiger partial charge on any atom is -0.481 e. The highest BCUT2D eigenvalue weighted by Crippen LogP contribution is 2.32. The molecule has 4 N–H and O–H groups in total. The second-order valence-electron chi connectivity index (χ2n) is 5.77. The first-order chi connectivity index (χ1) is 7.72. The number of nitrogens with two attached hydrogens (primary N) is 1. The fourth-order valence-electron chi connectivity index (χ4n) is 2.44.